The van der Waals surface area contributed by atoms with Crippen LogP contribution in [0.1, 0.15) is 17.5 Å². The normalized spacial score (nSPS) is 11.4. The van der Waals surface area contributed by atoms with Crippen molar-refractivity contribution in [3.05, 3.63) is 53.4 Å². The van der Waals surface area contributed by atoms with Gasteiger partial charge in [-0.15, -0.1) is 0 Å². The first-order valence-corrected chi connectivity index (χ1v) is 7.30. The van der Waals surface area contributed by atoms with Gasteiger partial charge in [0.1, 0.15) is 5.75 Å². The molecule has 0 bridgehead atoms. The number of imide groups is 1. The van der Waals surface area contributed by atoms with Gasteiger partial charge in [0.05, 0.1) is 6.26 Å². The van der Waals surface area contributed by atoms with E-state index in [1.807, 2.05) is 5.32 Å². The topological polar surface area (TPSA) is 94.8 Å². The van der Waals surface area contributed by atoms with Gasteiger partial charge < -0.3 is 13.9 Å². The molecule has 1 N–H and O–H groups in total. The van der Waals surface area contributed by atoms with Crippen LogP contribution < -0.4 is 10.1 Å². The summed E-state index contributed by atoms with van der Waals surface area (Å²) >= 11 is 5.81. The second-order valence-corrected chi connectivity index (χ2v) is 5.12. The summed E-state index contributed by atoms with van der Waals surface area (Å²) in [6.45, 7) is 0.851. The van der Waals surface area contributed by atoms with Crippen LogP contribution in [-0.4, -0.2) is 30.5 Å². The maximum Gasteiger partial charge on any atom is 0.347 e. The Morgan fingerprint density at radius 3 is 2.71 bits per heavy atom. The van der Waals surface area contributed by atoms with Crippen molar-refractivity contribution in [1.29, 1.82) is 0 Å². The van der Waals surface area contributed by atoms with Crippen LogP contribution in [0.5, 0.6) is 5.75 Å². The number of carbonyl (C=O) groups excluding carboxylic acids is 3. The number of halogens is 1. The van der Waals surface area contributed by atoms with Gasteiger partial charge in [-0.1, -0.05) is 17.7 Å². The number of carbonyl (C=O) groups is 3. The third-order valence-corrected chi connectivity index (χ3v) is 3.02. The average molecular weight is 352 g/mol. The largest absolute Gasteiger partial charge is 0.479 e. The predicted molar refractivity (Wildman–Crippen MR) is 83.7 cm³/mol. The lowest BCUT2D eigenvalue weighted by atomic mass is 10.3. The van der Waals surface area contributed by atoms with E-state index >= 15 is 0 Å². The Morgan fingerprint density at radius 1 is 1.25 bits per heavy atom. The molecule has 1 aromatic heterocycles. The molecule has 1 unspecified atom stereocenters. The van der Waals surface area contributed by atoms with Crippen molar-refractivity contribution in [3.8, 4) is 5.75 Å². The van der Waals surface area contributed by atoms with Crippen LogP contribution in [0, 0.1) is 0 Å². The zero-order valence-corrected chi connectivity index (χ0v) is 13.4. The average Bonchev–Trinajstić information content (AvgIpc) is 3.07. The van der Waals surface area contributed by atoms with Crippen LogP contribution >= 0.6 is 11.6 Å². The molecule has 2 rings (SSSR count). The summed E-state index contributed by atoms with van der Waals surface area (Å²) in [6, 6.07) is 9.41. The van der Waals surface area contributed by atoms with E-state index in [1.165, 1.54) is 25.3 Å². The number of nitrogens with one attached hydrogen (secondary N) is 1. The molecule has 8 heteroatoms. The van der Waals surface area contributed by atoms with Crippen molar-refractivity contribution < 1.29 is 28.3 Å². The summed E-state index contributed by atoms with van der Waals surface area (Å²) in [7, 11) is 0. The van der Waals surface area contributed by atoms with E-state index in [9.17, 15) is 14.4 Å². The lowest BCUT2D eigenvalue weighted by Gasteiger charge is -2.13. The van der Waals surface area contributed by atoms with Crippen LogP contribution in [0.25, 0.3) is 0 Å². The molecule has 2 aromatic rings. The molecule has 0 aliphatic carbocycles. The monoisotopic (exact) mass is 351 g/mol. The van der Waals surface area contributed by atoms with Crippen molar-refractivity contribution in [2.75, 3.05) is 6.61 Å². The van der Waals surface area contributed by atoms with Gasteiger partial charge in [0, 0.05) is 5.02 Å². The molecule has 126 valence electrons. The highest BCUT2D eigenvalue weighted by atomic mass is 35.5. The summed E-state index contributed by atoms with van der Waals surface area (Å²) in [4.78, 5) is 34.9. The van der Waals surface area contributed by atoms with E-state index in [0.29, 0.717) is 10.8 Å². The van der Waals surface area contributed by atoms with Crippen LogP contribution in [0.2, 0.25) is 5.02 Å². The fourth-order valence-corrected chi connectivity index (χ4v) is 1.86. The second kappa shape index (κ2) is 8.16. The first-order valence-electron chi connectivity index (χ1n) is 6.92. The number of esters is 1. The molecule has 1 heterocycles. The van der Waals surface area contributed by atoms with E-state index in [2.05, 4.69) is 0 Å². The van der Waals surface area contributed by atoms with Crippen molar-refractivity contribution in [2.24, 2.45) is 0 Å². The quantitative estimate of drug-likeness (QED) is 0.802. The number of benzene rings is 1. The number of rotatable bonds is 6. The van der Waals surface area contributed by atoms with E-state index < -0.39 is 30.5 Å². The van der Waals surface area contributed by atoms with Crippen molar-refractivity contribution in [1.82, 2.24) is 5.32 Å². The van der Waals surface area contributed by atoms with Crippen molar-refractivity contribution in [3.63, 3.8) is 0 Å². The molecule has 0 aliphatic heterocycles. The number of hydrogen-bond donors (Lipinski definition) is 1. The highest BCUT2D eigenvalue weighted by molar-refractivity contribution is 6.30. The molecule has 0 fully saturated rings. The van der Waals surface area contributed by atoms with Crippen molar-refractivity contribution in [2.45, 2.75) is 13.0 Å². The standard InChI is InChI=1S/C16H14ClNO6/c1-10(24-12-5-2-4-11(17)8-12)16(21)23-9-14(19)18-15(20)13-6-3-7-22-13/h2-8,10H,9H2,1H3,(H,18,19,20). The van der Waals surface area contributed by atoms with Gasteiger partial charge in [-0.2, -0.15) is 0 Å². The molecule has 1 aromatic carbocycles. The van der Waals surface area contributed by atoms with Crippen LogP contribution in [0.3, 0.4) is 0 Å². The number of ether oxygens (including phenoxy) is 2. The Kier molecular flexibility index (Phi) is 5.97. The minimum atomic E-state index is -0.947. The van der Waals surface area contributed by atoms with Crippen LogP contribution in [0.4, 0.5) is 0 Å². The molecule has 0 saturated carbocycles. The van der Waals surface area contributed by atoms with E-state index in [0.717, 1.165) is 0 Å². The molecule has 0 saturated heterocycles. The maximum absolute atomic E-state index is 11.8. The lowest BCUT2D eigenvalue weighted by molar-refractivity contribution is -0.154. The van der Waals surface area contributed by atoms with Crippen LogP contribution in [-0.2, 0) is 14.3 Å². The Labute approximate surface area is 142 Å². The van der Waals surface area contributed by atoms with E-state index in [-0.39, 0.29) is 5.76 Å². The molecule has 2 amide bonds. The number of furan rings is 1. The van der Waals surface area contributed by atoms with Gasteiger partial charge in [0.25, 0.3) is 11.8 Å². The Morgan fingerprint density at radius 2 is 2.04 bits per heavy atom. The number of hydrogen-bond acceptors (Lipinski definition) is 6. The summed E-state index contributed by atoms with van der Waals surface area (Å²) in [5.74, 6) is -1.88. The molecular formula is C16H14ClNO6. The highest BCUT2D eigenvalue weighted by Gasteiger charge is 2.19. The SMILES string of the molecule is CC(Oc1cccc(Cl)c1)C(=O)OCC(=O)NC(=O)c1ccco1. The molecule has 7 nitrogen and oxygen atoms in total. The molecule has 0 aliphatic rings. The zero-order chi connectivity index (χ0) is 17.5. The molecule has 24 heavy (non-hydrogen) atoms. The van der Waals surface area contributed by atoms with Gasteiger partial charge in [-0.25, -0.2) is 4.79 Å². The highest BCUT2D eigenvalue weighted by Crippen LogP contribution is 2.18. The van der Waals surface area contributed by atoms with Gasteiger partial charge in [-0.3, -0.25) is 14.9 Å². The summed E-state index contributed by atoms with van der Waals surface area (Å²) in [5.41, 5.74) is 0. The first-order chi connectivity index (χ1) is 11.5. The minimum Gasteiger partial charge on any atom is -0.479 e. The van der Waals surface area contributed by atoms with E-state index in [1.54, 1.807) is 24.3 Å². The first kappa shape index (κ1) is 17.6. The molecule has 0 radical (unpaired) electrons. The molecule has 1 atom stereocenters. The molecule has 0 spiro atoms. The maximum atomic E-state index is 11.8. The fourth-order valence-electron chi connectivity index (χ4n) is 1.68. The fraction of sp³-hybridized carbons (Fsp3) is 0.188. The van der Waals surface area contributed by atoms with Gasteiger partial charge in [0.2, 0.25) is 0 Å². The summed E-state index contributed by atoms with van der Waals surface area (Å²) in [5, 5.41) is 2.49. The Hall–Kier alpha value is -2.80. The smallest absolute Gasteiger partial charge is 0.347 e. The zero-order valence-electron chi connectivity index (χ0n) is 12.7. The van der Waals surface area contributed by atoms with E-state index in [4.69, 9.17) is 25.5 Å². The molecular weight excluding hydrogens is 338 g/mol. The van der Waals surface area contributed by atoms with Crippen LogP contribution in [0.15, 0.2) is 47.1 Å². The Bertz CT molecular complexity index is 728. The minimum absolute atomic E-state index is 0.0210. The van der Waals surface area contributed by atoms with Gasteiger partial charge in [0.15, 0.2) is 18.5 Å². The lowest BCUT2D eigenvalue weighted by Crippen LogP contribution is -2.36. The summed E-state index contributed by atoms with van der Waals surface area (Å²) < 4.78 is 15.0. The summed E-state index contributed by atoms with van der Waals surface area (Å²) in [6.07, 6.45) is 0.353. The third kappa shape index (κ3) is 5.13. The Balaban J connectivity index is 1.77. The predicted octanol–water partition coefficient (Wildman–Crippen LogP) is 2.20. The van der Waals surface area contributed by atoms with Gasteiger partial charge >= 0.3 is 5.97 Å². The van der Waals surface area contributed by atoms with Gasteiger partial charge in [-0.05, 0) is 37.3 Å². The number of amides is 2. The van der Waals surface area contributed by atoms with Crippen molar-refractivity contribution >= 4 is 29.4 Å². The second-order valence-electron chi connectivity index (χ2n) is 4.68. The third-order valence-electron chi connectivity index (χ3n) is 2.78.